The topological polar surface area (TPSA) is 97.1 Å². The smallest absolute Gasteiger partial charge is 0.277 e. The number of aromatic nitrogens is 2. The van der Waals surface area contributed by atoms with Gasteiger partial charge >= 0.3 is 0 Å². The van der Waals surface area contributed by atoms with Crippen LogP contribution in [0.25, 0.3) is 11.5 Å². The number of aryl methyl sites for hydroxylation is 1. The Morgan fingerprint density at radius 3 is 2.56 bits per heavy atom. The number of benzene rings is 2. The number of hydrogen-bond donors (Lipinski definition) is 2. The van der Waals surface area contributed by atoms with Gasteiger partial charge in [-0.3, -0.25) is 9.59 Å². The zero-order valence-corrected chi connectivity index (χ0v) is 15.7. The van der Waals surface area contributed by atoms with Crippen molar-refractivity contribution in [3.63, 3.8) is 0 Å². The standard InChI is InChI=1S/C19H18N4O3S/c1-12-6-8-15(9-7-12)21-17(25)11-27-19-23-22-18(26-19)14-4-3-5-16(10-14)20-13(2)24/h3-10H,11H2,1-2H3,(H,20,24)(H,21,25). The molecule has 138 valence electrons. The molecule has 2 amide bonds. The van der Waals surface area contributed by atoms with Crippen molar-refractivity contribution in [2.75, 3.05) is 16.4 Å². The first-order valence-electron chi connectivity index (χ1n) is 8.20. The third kappa shape index (κ3) is 5.42. The van der Waals surface area contributed by atoms with Crippen LogP contribution in [-0.4, -0.2) is 27.8 Å². The van der Waals surface area contributed by atoms with Crippen LogP contribution in [0, 0.1) is 6.92 Å². The maximum absolute atomic E-state index is 12.0. The fraction of sp³-hybridized carbons (Fsp3) is 0.158. The zero-order chi connectivity index (χ0) is 19.2. The van der Waals surface area contributed by atoms with Crippen LogP contribution in [-0.2, 0) is 9.59 Å². The monoisotopic (exact) mass is 382 g/mol. The molecule has 0 atom stereocenters. The van der Waals surface area contributed by atoms with Gasteiger partial charge < -0.3 is 15.1 Å². The van der Waals surface area contributed by atoms with E-state index in [-0.39, 0.29) is 17.6 Å². The summed E-state index contributed by atoms with van der Waals surface area (Å²) < 4.78 is 5.59. The molecule has 1 heterocycles. The highest BCUT2D eigenvalue weighted by atomic mass is 32.2. The summed E-state index contributed by atoms with van der Waals surface area (Å²) in [5.74, 6) is 0.162. The summed E-state index contributed by atoms with van der Waals surface area (Å²) in [6, 6.07) is 14.7. The van der Waals surface area contributed by atoms with E-state index >= 15 is 0 Å². The molecule has 0 spiro atoms. The van der Waals surface area contributed by atoms with Gasteiger partial charge in [0.05, 0.1) is 5.75 Å². The number of nitrogens with one attached hydrogen (secondary N) is 2. The molecular weight excluding hydrogens is 364 g/mol. The summed E-state index contributed by atoms with van der Waals surface area (Å²) in [6.07, 6.45) is 0. The molecule has 0 saturated carbocycles. The van der Waals surface area contributed by atoms with Crippen molar-refractivity contribution in [1.82, 2.24) is 10.2 Å². The molecule has 1 aromatic heterocycles. The molecule has 0 bridgehead atoms. The Labute approximate surface area is 160 Å². The van der Waals surface area contributed by atoms with Crippen molar-refractivity contribution in [2.24, 2.45) is 0 Å². The Hall–Kier alpha value is -3.13. The molecular formula is C19H18N4O3S. The number of hydrogen-bond acceptors (Lipinski definition) is 6. The van der Waals surface area contributed by atoms with E-state index in [0.717, 1.165) is 23.0 Å². The minimum absolute atomic E-state index is 0.154. The predicted molar refractivity (Wildman–Crippen MR) is 105 cm³/mol. The average Bonchev–Trinajstić information content (AvgIpc) is 3.11. The Kier molecular flexibility index (Phi) is 5.87. The number of thioether (sulfide) groups is 1. The van der Waals surface area contributed by atoms with Gasteiger partial charge in [0, 0.05) is 23.9 Å². The molecule has 0 saturated heterocycles. The Morgan fingerprint density at radius 2 is 1.81 bits per heavy atom. The molecule has 2 aromatic carbocycles. The maximum atomic E-state index is 12.0. The number of nitrogens with zero attached hydrogens (tertiary/aromatic N) is 2. The molecule has 3 aromatic rings. The van der Waals surface area contributed by atoms with Crippen molar-refractivity contribution in [3.05, 3.63) is 54.1 Å². The summed E-state index contributed by atoms with van der Waals surface area (Å²) >= 11 is 1.16. The van der Waals surface area contributed by atoms with Crippen LogP contribution in [0.3, 0.4) is 0 Å². The highest BCUT2D eigenvalue weighted by molar-refractivity contribution is 7.99. The highest BCUT2D eigenvalue weighted by Crippen LogP contribution is 2.25. The maximum Gasteiger partial charge on any atom is 0.277 e. The molecule has 0 unspecified atom stereocenters. The second-order valence-electron chi connectivity index (χ2n) is 5.84. The minimum atomic E-state index is -0.159. The van der Waals surface area contributed by atoms with Crippen LogP contribution in [0.2, 0.25) is 0 Å². The van der Waals surface area contributed by atoms with Crippen LogP contribution >= 0.6 is 11.8 Å². The minimum Gasteiger partial charge on any atom is -0.411 e. The Bertz CT molecular complexity index is 954. The first-order valence-corrected chi connectivity index (χ1v) is 9.19. The van der Waals surface area contributed by atoms with Crippen LogP contribution in [0.15, 0.2) is 58.2 Å². The third-order valence-electron chi connectivity index (χ3n) is 3.50. The molecule has 0 aliphatic rings. The summed E-state index contributed by atoms with van der Waals surface area (Å²) in [4.78, 5) is 23.2. The molecule has 0 radical (unpaired) electrons. The normalized spacial score (nSPS) is 10.4. The average molecular weight is 382 g/mol. The number of carbonyl (C=O) groups excluding carboxylic acids is 2. The molecule has 7 nitrogen and oxygen atoms in total. The van der Waals surface area contributed by atoms with Crippen molar-refractivity contribution in [1.29, 1.82) is 0 Å². The van der Waals surface area contributed by atoms with E-state index in [0.29, 0.717) is 22.4 Å². The summed E-state index contributed by atoms with van der Waals surface area (Å²) in [7, 11) is 0. The first kappa shape index (κ1) is 18.7. The van der Waals surface area contributed by atoms with Gasteiger partial charge in [-0.25, -0.2) is 0 Å². The van der Waals surface area contributed by atoms with Crippen molar-refractivity contribution in [3.8, 4) is 11.5 Å². The van der Waals surface area contributed by atoms with Crippen LogP contribution < -0.4 is 10.6 Å². The van der Waals surface area contributed by atoms with E-state index in [9.17, 15) is 9.59 Å². The lowest BCUT2D eigenvalue weighted by Gasteiger charge is -2.04. The van der Waals surface area contributed by atoms with Crippen LogP contribution in [0.1, 0.15) is 12.5 Å². The van der Waals surface area contributed by atoms with Gasteiger partial charge in [0.15, 0.2) is 0 Å². The van der Waals surface area contributed by atoms with Gasteiger partial charge in [-0.15, -0.1) is 10.2 Å². The van der Waals surface area contributed by atoms with E-state index in [1.807, 2.05) is 31.2 Å². The second kappa shape index (κ2) is 8.50. The summed E-state index contributed by atoms with van der Waals surface area (Å²) in [5.41, 5.74) is 3.20. The van der Waals surface area contributed by atoms with E-state index in [4.69, 9.17) is 4.42 Å². The van der Waals surface area contributed by atoms with Gasteiger partial charge in [0.25, 0.3) is 5.22 Å². The quantitative estimate of drug-likeness (QED) is 0.631. The van der Waals surface area contributed by atoms with Crippen LogP contribution in [0.5, 0.6) is 0 Å². The van der Waals surface area contributed by atoms with Gasteiger partial charge in [0.2, 0.25) is 17.7 Å². The van der Waals surface area contributed by atoms with Gasteiger partial charge in [-0.2, -0.15) is 0 Å². The van der Waals surface area contributed by atoms with Crippen LogP contribution in [0.4, 0.5) is 11.4 Å². The van der Waals surface area contributed by atoms with Gasteiger partial charge in [-0.1, -0.05) is 35.5 Å². The molecule has 8 heteroatoms. The number of amides is 2. The lowest BCUT2D eigenvalue weighted by atomic mass is 10.2. The second-order valence-corrected chi connectivity index (χ2v) is 6.76. The predicted octanol–water partition coefficient (Wildman–Crippen LogP) is 3.73. The van der Waals surface area contributed by atoms with E-state index in [1.54, 1.807) is 24.3 Å². The zero-order valence-electron chi connectivity index (χ0n) is 14.9. The van der Waals surface area contributed by atoms with Crippen molar-refractivity contribution in [2.45, 2.75) is 19.1 Å². The lowest BCUT2D eigenvalue weighted by Crippen LogP contribution is -2.13. The fourth-order valence-electron chi connectivity index (χ4n) is 2.28. The SMILES string of the molecule is CC(=O)Nc1cccc(-c2nnc(SCC(=O)Nc3ccc(C)cc3)o2)c1. The van der Waals surface area contributed by atoms with E-state index in [1.165, 1.54) is 6.92 Å². The number of carbonyl (C=O) groups is 2. The van der Waals surface area contributed by atoms with Gasteiger partial charge in [0.1, 0.15) is 0 Å². The molecule has 0 fully saturated rings. The molecule has 0 aliphatic heterocycles. The number of rotatable bonds is 6. The lowest BCUT2D eigenvalue weighted by molar-refractivity contribution is -0.114. The highest BCUT2D eigenvalue weighted by Gasteiger charge is 2.12. The summed E-state index contributed by atoms with van der Waals surface area (Å²) in [6.45, 7) is 3.43. The third-order valence-corrected chi connectivity index (χ3v) is 4.32. The first-order chi connectivity index (χ1) is 13.0. The molecule has 3 rings (SSSR count). The molecule has 0 aliphatic carbocycles. The Morgan fingerprint density at radius 1 is 1.04 bits per heavy atom. The Balaban J connectivity index is 1.58. The fourth-order valence-corrected chi connectivity index (χ4v) is 2.84. The van der Waals surface area contributed by atoms with Gasteiger partial charge in [-0.05, 0) is 37.3 Å². The largest absolute Gasteiger partial charge is 0.411 e. The van der Waals surface area contributed by atoms with Crippen molar-refractivity contribution < 1.29 is 14.0 Å². The van der Waals surface area contributed by atoms with E-state index in [2.05, 4.69) is 20.8 Å². The molecule has 2 N–H and O–H groups in total. The summed E-state index contributed by atoms with van der Waals surface area (Å²) in [5, 5.41) is 13.8. The number of anilines is 2. The molecule has 27 heavy (non-hydrogen) atoms. The van der Waals surface area contributed by atoms with E-state index < -0.39 is 0 Å². The van der Waals surface area contributed by atoms with Crippen molar-refractivity contribution >= 4 is 35.0 Å².